The van der Waals surface area contributed by atoms with Crippen LogP contribution in [0.3, 0.4) is 0 Å². The highest BCUT2D eigenvalue weighted by atomic mass is 16.2. The van der Waals surface area contributed by atoms with E-state index in [1.54, 1.807) is 24.3 Å². The number of piperazine rings is 1. The Kier molecular flexibility index (Phi) is 5.76. The largest absolute Gasteiger partial charge is 0.368 e. The molecule has 2 aliphatic rings. The van der Waals surface area contributed by atoms with Crippen LogP contribution >= 0.6 is 0 Å². The van der Waals surface area contributed by atoms with E-state index in [0.29, 0.717) is 25.2 Å². The molecule has 3 atom stereocenters. The van der Waals surface area contributed by atoms with Crippen molar-refractivity contribution < 1.29 is 14.4 Å². The Morgan fingerprint density at radius 2 is 1.93 bits per heavy atom. The first-order valence-electron chi connectivity index (χ1n) is 9.37. The van der Waals surface area contributed by atoms with Gasteiger partial charge in [-0.1, -0.05) is 54.1 Å². The maximum Gasteiger partial charge on any atom is 0.244 e. The number of carbonyl (C=O) groups excluding carboxylic acids is 3. The number of hydrogen-bond donors (Lipinski definition) is 3. The zero-order chi connectivity index (χ0) is 20.3. The van der Waals surface area contributed by atoms with E-state index in [-0.39, 0.29) is 11.7 Å². The van der Waals surface area contributed by atoms with Gasteiger partial charge in [0, 0.05) is 32.1 Å². The molecule has 1 aliphatic heterocycles. The monoisotopic (exact) mass is 382 g/mol. The minimum Gasteiger partial charge on any atom is -0.368 e. The Hall–Kier alpha value is -2.77. The fraction of sp³-hybridized carbons (Fsp3) is 0.381. The molecule has 1 aromatic carbocycles. The lowest BCUT2D eigenvalue weighted by atomic mass is 9.82. The molecule has 1 aliphatic carbocycles. The molecule has 1 heterocycles. The van der Waals surface area contributed by atoms with Gasteiger partial charge in [0.15, 0.2) is 5.78 Å². The Morgan fingerprint density at radius 3 is 2.57 bits per heavy atom. The first kappa shape index (κ1) is 20.0. The number of primary amides is 1. The van der Waals surface area contributed by atoms with Crippen LogP contribution in [0, 0.1) is 6.92 Å². The number of benzene rings is 1. The standard InChI is InChI=1S/C21H26N4O3/c1-14-6-8-16(9-7-14)19(27)17-13-25(12-11-23-17)21(20(22)28)10-4-3-5-18(21)24-15(2)26/h3-10,17-18,23H,11-13H2,1-2H3,(H2,22,28)(H,24,26). The fourth-order valence-electron chi connectivity index (χ4n) is 3.88. The second-order valence-electron chi connectivity index (χ2n) is 7.29. The average Bonchev–Trinajstić information content (AvgIpc) is 2.68. The summed E-state index contributed by atoms with van der Waals surface area (Å²) in [6, 6.07) is 6.36. The van der Waals surface area contributed by atoms with E-state index in [4.69, 9.17) is 5.73 Å². The summed E-state index contributed by atoms with van der Waals surface area (Å²) in [5.74, 6) is -0.844. The minimum absolute atomic E-state index is 0.0317. The third-order valence-electron chi connectivity index (χ3n) is 5.34. The number of ketones is 1. The number of nitrogens with two attached hydrogens (primary N) is 1. The van der Waals surface area contributed by atoms with Gasteiger partial charge in [-0.2, -0.15) is 0 Å². The predicted octanol–water partition coefficient (Wildman–Crippen LogP) is 0.306. The van der Waals surface area contributed by atoms with Gasteiger partial charge in [0.1, 0.15) is 5.54 Å². The van der Waals surface area contributed by atoms with Crippen molar-refractivity contribution in [1.29, 1.82) is 0 Å². The number of Topliss-reactive ketones (excluding diaryl/α,β-unsaturated/α-hetero) is 1. The molecule has 28 heavy (non-hydrogen) atoms. The molecular weight excluding hydrogens is 356 g/mol. The molecule has 0 bridgehead atoms. The number of aryl methyl sites for hydroxylation is 1. The highest BCUT2D eigenvalue weighted by Gasteiger charge is 2.49. The van der Waals surface area contributed by atoms with Gasteiger partial charge in [-0.15, -0.1) is 0 Å². The quantitative estimate of drug-likeness (QED) is 0.636. The number of nitrogens with zero attached hydrogens (tertiary/aromatic N) is 1. The van der Waals surface area contributed by atoms with Crippen molar-refractivity contribution in [1.82, 2.24) is 15.5 Å². The molecule has 3 unspecified atom stereocenters. The van der Waals surface area contributed by atoms with Crippen molar-refractivity contribution in [2.45, 2.75) is 31.5 Å². The van der Waals surface area contributed by atoms with E-state index in [1.807, 2.05) is 36.1 Å². The maximum absolute atomic E-state index is 13.0. The smallest absolute Gasteiger partial charge is 0.244 e. The molecule has 0 radical (unpaired) electrons. The summed E-state index contributed by atoms with van der Waals surface area (Å²) >= 11 is 0. The Labute approximate surface area is 164 Å². The fourth-order valence-corrected chi connectivity index (χ4v) is 3.88. The summed E-state index contributed by atoms with van der Waals surface area (Å²) in [6.45, 7) is 4.73. The Balaban J connectivity index is 1.87. The second kappa shape index (κ2) is 8.08. The summed E-state index contributed by atoms with van der Waals surface area (Å²) < 4.78 is 0. The molecule has 0 spiro atoms. The number of amides is 2. The summed E-state index contributed by atoms with van der Waals surface area (Å²) in [4.78, 5) is 39.1. The molecule has 148 valence electrons. The van der Waals surface area contributed by atoms with Crippen molar-refractivity contribution in [2.75, 3.05) is 19.6 Å². The predicted molar refractivity (Wildman–Crippen MR) is 107 cm³/mol. The lowest BCUT2D eigenvalue weighted by Gasteiger charge is -2.48. The first-order valence-corrected chi connectivity index (χ1v) is 9.37. The van der Waals surface area contributed by atoms with Crippen molar-refractivity contribution in [3.05, 3.63) is 59.7 Å². The van der Waals surface area contributed by atoms with Crippen molar-refractivity contribution in [3.8, 4) is 0 Å². The zero-order valence-corrected chi connectivity index (χ0v) is 16.1. The van der Waals surface area contributed by atoms with Crippen LogP contribution in [0.4, 0.5) is 0 Å². The highest BCUT2D eigenvalue weighted by molar-refractivity contribution is 6.00. The summed E-state index contributed by atoms with van der Waals surface area (Å²) in [5, 5.41) is 6.05. The van der Waals surface area contributed by atoms with E-state index >= 15 is 0 Å². The van der Waals surface area contributed by atoms with Crippen LogP contribution in [0.1, 0.15) is 22.8 Å². The summed E-state index contributed by atoms with van der Waals surface area (Å²) in [5.41, 5.74) is 6.32. The normalized spacial score (nSPS) is 27.4. The van der Waals surface area contributed by atoms with Gasteiger partial charge < -0.3 is 16.4 Å². The molecule has 1 fully saturated rings. The van der Waals surface area contributed by atoms with Crippen LogP contribution in [0.25, 0.3) is 0 Å². The number of carbonyl (C=O) groups is 3. The Bertz CT molecular complexity index is 831. The van der Waals surface area contributed by atoms with Gasteiger partial charge in [-0.05, 0) is 6.92 Å². The number of hydrogen-bond acceptors (Lipinski definition) is 5. The van der Waals surface area contributed by atoms with Crippen molar-refractivity contribution in [3.63, 3.8) is 0 Å². The van der Waals surface area contributed by atoms with E-state index in [2.05, 4.69) is 10.6 Å². The number of rotatable bonds is 5. The van der Waals surface area contributed by atoms with Gasteiger partial charge in [0.25, 0.3) is 0 Å². The first-order chi connectivity index (χ1) is 13.3. The molecule has 4 N–H and O–H groups in total. The molecular formula is C21H26N4O3. The Morgan fingerprint density at radius 1 is 1.21 bits per heavy atom. The third-order valence-corrected chi connectivity index (χ3v) is 5.34. The van der Waals surface area contributed by atoms with Gasteiger partial charge in [-0.3, -0.25) is 19.3 Å². The van der Waals surface area contributed by atoms with Gasteiger partial charge >= 0.3 is 0 Å². The second-order valence-corrected chi connectivity index (χ2v) is 7.29. The summed E-state index contributed by atoms with van der Waals surface area (Å²) in [7, 11) is 0. The minimum atomic E-state index is -1.21. The van der Waals surface area contributed by atoms with Gasteiger partial charge in [-0.25, -0.2) is 0 Å². The molecule has 7 nitrogen and oxygen atoms in total. The van der Waals surface area contributed by atoms with Crippen molar-refractivity contribution >= 4 is 17.6 Å². The van der Waals surface area contributed by atoms with Crippen molar-refractivity contribution in [2.24, 2.45) is 5.73 Å². The molecule has 0 aromatic heterocycles. The van der Waals surface area contributed by atoms with Crippen LogP contribution in [0.5, 0.6) is 0 Å². The molecule has 2 amide bonds. The number of nitrogens with one attached hydrogen (secondary N) is 2. The molecule has 1 saturated heterocycles. The van der Waals surface area contributed by atoms with Gasteiger partial charge in [0.05, 0.1) is 12.1 Å². The van der Waals surface area contributed by atoms with Crippen LogP contribution < -0.4 is 16.4 Å². The van der Waals surface area contributed by atoms with E-state index < -0.39 is 23.5 Å². The lowest BCUT2D eigenvalue weighted by Crippen LogP contribution is -2.71. The number of allylic oxidation sites excluding steroid dienone is 2. The van der Waals surface area contributed by atoms with Crippen LogP contribution in [0.15, 0.2) is 48.6 Å². The SMILES string of the molecule is CC(=O)NC1C=CC=CC1(C(N)=O)N1CCNC(C(=O)c2ccc(C)cc2)C1. The lowest BCUT2D eigenvalue weighted by molar-refractivity contribution is -0.130. The maximum atomic E-state index is 13.0. The average molecular weight is 382 g/mol. The van der Waals surface area contributed by atoms with E-state index in [0.717, 1.165) is 5.56 Å². The zero-order valence-electron chi connectivity index (χ0n) is 16.1. The molecule has 0 saturated carbocycles. The van der Waals surface area contributed by atoms with E-state index in [9.17, 15) is 14.4 Å². The highest BCUT2D eigenvalue weighted by Crippen LogP contribution is 2.28. The summed E-state index contributed by atoms with van der Waals surface area (Å²) in [6.07, 6.45) is 7.00. The molecule has 7 heteroatoms. The molecule has 1 aromatic rings. The van der Waals surface area contributed by atoms with Crippen LogP contribution in [0.2, 0.25) is 0 Å². The van der Waals surface area contributed by atoms with E-state index in [1.165, 1.54) is 6.92 Å². The third kappa shape index (κ3) is 3.76. The van der Waals surface area contributed by atoms with Crippen LogP contribution in [-0.4, -0.2) is 59.8 Å². The molecule has 3 rings (SSSR count). The van der Waals surface area contributed by atoms with Gasteiger partial charge in [0.2, 0.25) is 11.8 Å². The van der Waals surface area contributed by atoms with Crippen LogP contribution in [-0.2, 0) is 9.59 Å². The topological polar surface area (TPSA) is 105 Å².